The molecule has 0 amide bonds. The average molecular weight is 219 g/mol. The van der Waals surface area contributed by atoms with Crippen LogP contribution in [0.5, 0.6) is 0 Å². The van der Waals surface area contributed by atoms with Crippen LogP contribution in [0.2, 0.25) is 0 Å². The number of rotatable bonds is 4. The van der Waals surface area contributed by atoms with Gasteiger partial charge in [-0.2, -0.15) is 0 Å². The maximum Gasteiger partial charge on any atom is 0.0644 e. The molecule has 0 aromatic carbocycles. The Kier molecular flexibility index (Phi) is 3.91. The number of likely N-dealkylation sites (N-methyl/N-ethyl adjacent to an activating group) is 1. The smallest absolute Gasteiger partial charge is 0.0644 e. The molecule has 1 aromatic rings. The van der Waals surface area contributed by atoms with Crippen LogP contribution >= 0.6 is 0 Å². The maximum atomic E-state index is 5.89. The Bertz CT molecular complexity index is 306. The first kappa shape index (κ1) is 11.6. The Morgan fingerprint density at radius 3 is 2.75 bits per heavy atom. The highest BCUT2D eigenvalue weighted by molar-refractivity contribution is 5.09. The van der Waals surface area contributed by atoms with Crippen LogP contribution in [0, 0.1) is 0 Å². The third-order valence-corrected chi connectivity index (χ3v) is 3.64. The standard InChI is InChI=1S/C13H21N3/c1-16(11-6-2-3-7-11)13(10-14)12-8-4-5-9-15-12/h4-5,8-9,11,13H,2-3,6-7,10,14H2,1H3. The van der Waals surface area contributed by atoms with Crippen molar-refractivity contribution in [2.75, 3.05) is 13.6 Å². The minimum Gasteiger partial charge on any atom is -0.329 e. The van der Waals surface area contributed by atoms with Crippen molar-refractivity contribution in [2.45, 2.75) is 37.8 Å². The lowest BCUT2D eigenvalue weighted by molar-refractivity contribution is 0.176. The molecule has 0 aliphatic heterocycles. The predicted octanol–water partition coefficient (Wildman–Crippen LogP) is 1.96. The van der Waals surface area contributed by atoms with E-state index in [4.69, 9.17) is 5.73 Å². The molecule has 16 heavy (non-hydrogen) atoms. The Balaban J connectivity index is 2.09. The Labute approximate surface area is 97.7 Å². The molecule has 0 radical (unpaired) electrons. The van der Waals surface area contributed by atoms with Crippen molar-refractivity contribution < 1.29 is 0 Å². The highest BCUT2D eigenvalue weighted by Gasteiger charge is 2.26. The summed E-state index contributed by atoms with van der Waals surface area (Å²) in [6, 6.07) is 7.02. The van der Waals surface area contributed by atoms with Crippen molar-refractivity contribution >= 4 is 0 Å². The molecule has 3 heteroatoms. The molecule has 1 saturated carbocycles. The van der Waals surface area contributed by atoms with Crippen LogP contribution in [0.25, 0.3) is 0 Å². The summed E-state index contributed by atoms with van der Waals surface area (Å²) in [6.07, 6.45) is 7.17. The molecule has 0 bridgehead atoms. The van der Waals surface area contributed by atoms with Gasteiger partial charge in [-0.3, -0.25) is 9.88 Å². The van der Waals surface area contributed by atoms with Gasteiger partial charge in [-0.25, -0.2) is 0 Å². The zero-order chi connectivity index (χ0) is 11.4. The predicted molar refractivity (Wildman–Crippen MR) is 66.1 cm³/mol. The molecule has 88 valence electrons. The lowest BCUT2D eigenvalue weighted by atomic mass is 10.1. The number of pyridine rings is 1. The molecule has 1 heterocycles. The first-order chi connectivity index (χ1) is 7.83. The number of nitrogens with two attached hydrogens (primary N) is 1. The van der Waals surface area contributed by atoms with Gasteiger partial charge in [0.05, 0.1) is 11.7 Å². The molecule has 0 saturated heterocycles. The third-order valence-electron chi connectivity index (χ3n) is 3.64. The van der Waals surface area contributed by atoms with Gasteiger partial charge in [0, 0.05) is 18.8 Å². The second-order valence-corrected chi connectivity index (χ2v) is 4.61. The lowest BCUT2D eigenvalue weighted by Crippen LogP contribution is -2.37. The fourth-order valence-corrected chi connectivity index (χ4v) is 2.63. The number of hydrogen-bond acceptors (Lipinski definition) is 3. The quantitative estimate of drug-likeness (QED) is 0.841. The van der Waals surface area contributed by atoms with E-state index in [0.29, 0.717) is 12.6 Å². The second kappa shape index (κ2) is 5.41. The van der Waals surface area contributed by atoms with Gasteiger partial charge < -0.3 is 5.73 Å². The molecule has 3 nitrogen and oxygen atoms in total. The molecule has 1 aliphatic carbocycles. The summed E-state index contributed by atoms with van der Waals surface area (Å²) >= 11 is 0. The highest BCUT2D eigenvalue weighted by Crippen LogP contribution is 2.28. The second-order valence-electron chi connectivity index (χ2n) is 4.61. The van der Waals surface area contributed by atoms with Gasteiger partial charge in [0.15, 0.2) is 0 Å². The Hall–Kier alpha value is -0.930. The van der Waals surface area contributed by atoms with Gasteiger partial charge in [-0.15, -0.1) is 0 Å². The van der Waals surface area contributed by atoms with Gasteiger partial charge in [0.25, 0.3) is 0 Å². The van der Waals surface area contributed by atoms with Crippen molar-refractivity contribution in [3.63, 3.8) is 0 Å². The van der Waals surface area contributed by atoms with Crippen LogP contribution in [0.3, 0.4) is 0 Å². The molecule has 1 atom stereocenters. The summed E-state index contributed by atoms with van der Waals surface area (Å²) in [4.78, 5) is 6.83. The van der Waals surface area contributed by atoms with E-state index in [1.165, 1.54) is 25.7 Å². The Morgan fingerprint density at radius 2 is 2.19 bits per heavy atom. The van der Waals surface area contributed by atoms with E-state index >= 15 is 0 Å². The van der Waals surface area contributed by atoms with Crippen molar-refractivity contribution in [1.29, 1.82) is 0 Å². The number of aromatic nitrogens is 1. The van der Waals surface area contributed by atoms with E-state index in [2.05, 4.69) is 23.0 Å². The first-order valence-corrected chi connectivity index (χ1v) is 6.16. The fraction of sp³-hybridized carbons (Fsp3) is 0.615. The topological polar surface area (TPSA) is 42.1 Å². The largest absolute Gasteiger partial charge is 0.329 e. The summed E-state index contributed by atoms with van der Waals surface area (Å²) in [5.74, 6) is 0. The van der Waals surface area contributed by atoms with E-state index in [9.17, 15) is 0 Å². The molecule has 1 unspecified atom stereocenters. The van der Waals surface area contributed by atoms with Gasteiger partial charge in [0.2, 0.25) is 0 Å². The van der Waals surface area contributed by atoms with Crippen LogP contribution in [-0.4, -0.2) is 29.5 Å². The number of hydrogen-bond donors (Lipinski definition) is 1. The summed E-state index contributed by atoms with van der Waals surface area (Å²) < 4.78 is 0. The van der Waals surface area contributed by atoms with E-state index in [1.54, 1.807) is 0 Å². The average Bonchev–Trinajstić information content (AvgIpc) is 2.85. The van der Waals surface area contributed by atoms with Crippen LogP contribution in [0.1, 0.15) is 37.4 Å². The summed E-state index contributed by atoms with van der Waals surface area (Å²) in [7, 11) is 2.18. The summed E-state index contributed by atoms with van der Waals surface area (Å²) in [5, 5.41) is 0. The van der Waals surface area contributed by atoms with Gasteiger partial charge in [0.1, 0.15) is 0 Å². The minimum atomic E-state index is 0.268. The third kappa shape index (κ3) is 2.42. The summed E-state index contributed by atoms with van der Waals surface area (Å²) in [5.41, 5.74) is 6.99. The molecule has 1 aromatic heterocycles. The van der Waals surface area contributed by atoms with Crippen molar-refractivity contribution in [1.82, 2.24) is 9.88 Å². The van der Waals surface area contributed by atoms with E-state index in [0.717, 1.165) is 5.69 Å². The normalized spacial score (nSPS) is 19.2. The van der Waals surface area contributed by atoms with Crippen LogP contribution in [-0.2, 0) is 0 Å². The van der Waals surface area contributed by atoms with Crippen molar-refractivity contribution in [3.05, 3.63) is 30.1 Å². The van der Waals surface area contributed by atoms with Gasteiger partial charge in [-0.05, 0) is 32.0 Å². The van der Waals surface area contributed by atoms with Gasteiger partial charge in [-0.1, -0.05) is 18.9 Å². The van der Waals surface area contributed by atoms with E-state index < -0.39 is 0 Å². The minimum absolute atomic E-state index is 0.268. The first-order valence-electron chi connectivity index (χ1n) is 6.16. The zero-order valence-electron chi connectivity index (χ0n) is 9.97. The SMILES string of the molecule is CN(C1CCCC1)C(CN)c1ccccn1. The lowest BCUT2D eigenvalue weighted by Gasteiger charge is -2.31. The van der Waals surface area contributed by atoms with Crippen LogP contribution < -0.4 is 5.73 Å². The summed E-state index contributed by atoms with van der Waals surface area (Å²) in [6.45, 7) is 0.643. The van der Waals surface area contributed by atoms with E-state index in [1.807, 2.05) is 18.3 Å². The van der Waals surface area contributed by atoms with Crippen molar-refractivity contribution in [3.8, 4) is 0 Å². The van der Waals surface area contributed by atoms with E-state index in [-0.39, 0.29) is 6.04 Å². The van der Waals surface area contributed by atoms with Crippen molar-refractivity contribution in [2.24, 2.45) is 5.73 Å². The monoisotopic (exact) mass is 219 g/mol. The highest BCUT2D eigenvalue weighted by atomic mass is 15.2. The van der Waals surface area contributed by atoms with Gasteiger partial charge >= 0.3 is 0 Å². The molecule has 2 N–H and O–H groups in total. The van der Waals surface area contributed by atoms with Crippen LogP contribution in [0.4, 0.5) is 0 Å². The Morgan fingerprint density at radius 1 is 1.44 bits per heavy atom. The molecule has 0 spiro atoms. The molecule has 1 fully saturated rings. The number of nitrogens with zero attached hydrogens (tertiary/aromatic N) is 2. The fourth-order valence-electron chi connectivity index (χ4n) is 2.63. The molecular formula is C13H21N3. The molecular weight excluding hydrogens is 198 g/mol. The zero-order valence-corrected chi connectivity index (χ0v) is 9.97. The molecule has 2 rings (SSSR count). The molecule has 1 aliphatic rings. The maximum absolute atomic E-state index is 5.89. The van der Waals surface area contributed by atoms with Crippen LogP contribution in [0.15, 0.2) is 24.4 Å².